The molecule has 0 fully saturated rings. The first-order valence-electron chi connectivity index (χ1n) is 7.98. The van der Waals surface area contributed by atoms with E-state index in [2.05, 4.69) is 20.6 Å². The molecule has 2 aromatic heterocycles. The number of hydrogen-bond donors (Lipinski definition) is 2. The molecular formula is C18H22N4O2. The van der Waals surface area contributed by atoms with Gasteiger partial charge in [-0.05, 0) is 51.0 Å². The summed E-state index contributed by atoms with van der Waals surface area (Å²) in [6, 6.07) is 7.13. The van der Waals surface area contributed by atoms with E-state index in [-0.39, 0.29) is 11.8 Å². The van der Waals surface area contributed by atoms with E-state index < -0.39 is 0 Å². The molecule has 0 bridgehead atoms. The molecule has 2 rings (SSSR count). The number of aryl methyl sites for hydroxylation is 2. The zero-order valence-electron chi connectivity index (χ0n) is 14.0. The molecule has 0 spiro atoms. The largest absolute Gasteiger partial charge is 0.352 e. The summed E-state index contributed by atoms with van der Waals surface area (Å²) in [5, 5.41) is 5.69. The van der Waals surface area contributed by atoms with Gasteiger partial charge in [-0.25, -0.2) is 0 Å². The monoisotopic (exact) mass is 326 g/mol. The first-order chi connectivity index (χ1) is 11.6. The second-order valence-electron chi connectivity index (χ2n) is 5.60. The standard InChI is InChI=1S/C18H22N4O2/c1-13-5-7-15(11-21-13)17(23)19-9-3-4-10-20-18(24)16-8-6-14(2)22-12-16/h5-8,11-12H,3-4,9-10H2,1-2H3,(H,19,23)(H,20,24). The lowest BCUT2D eigenvalue weighted by molar-refractivity contribution is 0.0939. The predicted octanol–water partition coefficient (Wildman–Crippen LogP) is 2.03. The van der Waals surface area contributed by atoms with E-state index in [1.807, 2.05) is 26.0 Å². The summed E-state index contributed by atoms with van der Waals surface area (Å²) in [6.07, 6.45) is 4.72. The van der Waals surface area contributed by atoms with Crippen LogP contribution >= 0.6 is 0 Å². The van der Waals surface area contributed by atoms with Crippen LogP contribution in [0.5, 0.6) is 0 Å². The van der Waals surface area contributed by atoms with Crippen LogP contribution in [0.2, 0.25) is 0 Å². The average molecular weight is 326 g/mol. The minimum absolute atomic E-state index is 0.128. The van der Waals surface area contributed by atoms with Gasteiger partial charge >= 0.3 is 0 Å². The van der Waals surface area contributed by atoms with Crippen LogP contribution in [0.4, 0.5) is 0 Å². The molecule has 0 radical (unpaired) electrons. The number of pyridine rings is 2. The lowest BCUT2D eigenvalue weighted by atomic mass is 10.2. The molecule has 0 aliphatic heterocycles. The van der Waals surface area contributed by atoms with Crippen molar-refractivity contribution in [1.29, 1.82) is 0 Å². The Bertz CT molecular complexity index is 620. The molecule has 126 valence electrons. The summed E-state index contributed by atoms with van der Waals surface area (Å²) in [7, 11) is 0. The Morgan fingerprint density at radius 2 is 1.21 bits per heavy atom. The molecule has 0 saturated heterocycles. The van der Waals surface area contributed by atoms with Crippen molar-refractivity contribution in [3.63, 3.8) is 0 Å². The Kier molecular flexibility index (Phi) is 6.42. The molecule has 2 aromatic rings. The van der Waals surface area contributed by atoms with Crippen LogP contribution in [-0.2, 0) is 0 Å². The van der Waals surface area contributed by atoms with Crippen LogP contribution in [0.25, 0.3) is 0 Å². The molecule has 0 unspecified atom stereocenters. The van der Waals surface area contributed by atoms with Crippen molar-refractivity contribution in [3.8, 4) is 0 Å². The maximum absolute atomic E-state index is 11.9. The number of unbranched alkanes of at least 4 members (excludes halogenated alkanes) is 1. The smallest absolute Gasteiger partial charge is 0.252 e. The summed E-state index contributed by atoms with van der Waals surface area (Å²) in [5.74, 6) is -0.255. The lowest BCUT2D eigenvalue weighted by Gasteiger charge is -2.07. The third-order valence-corrected chi connectivity index (χ3v) is 3.52. The number of amides is 2. The fraction of sp³-hybridized carbons (Fsp3) is 0.333. The highest BCUT2D eigenvalue weighted by molar-refractivity contribution is 5.94. The van der Waals surface area contributed by atoms with Crippen molar-refractivity contribution in [2.75, 3.05) is 13.1 Å². The highest BCUT2D eigenvalue weighted by Gasteiger charge is 2.06. The zero-order valence-corrected chi connectivity index (χ0v) is 14.0. The van der Waals surface area contributed by atoms with Crippen LogP contribution < -0.4 is 10.6 Å². The number of carbonyl (C=O) groups is 2. The number of carbonyl (C=O) groups excluding carboxylic acids is 2. The lowest BCUT2D eigenvalue weighted by Crippen LogP contribution is -2.27. The molecule has 6 heteroatoms. The molecule has 24 heavy (non-hydrogen) atoms. The molecule has 2 amide bonds. The van der Waals surface area contributed by atoms with Crippen LogP contribution in [0.1, 0.15) is 44.9 Å². The predicted molar refractivity (Wildman–Crippen MR) is 91.8 cm³/mol. The molecule has 2 heterocycles. The van der Waals surface area contributed by atoms with Gasteiger partial charge < -0.3 is 10.6 Å². The summed E-state index contributed by atoms with van der Waals surface area (Å²) in [5.41, 5.74) is 2.87. The number of aromatic nitrogens is 2. The second kappa shape index (κ2) is 8.76. The molecule has 0 atom stereocenters. The molecule has 0 aliphatic rings. The first-order valence-corrected chi connectivity index (χ1v) is 7.98. The zero-order chi connectivity index (χ0) is 17.4. The summed E-state index contributed by atoms with van der Waals surface area (Å²) in [6.45, 7) is 4.88. The van der Waals surface area contributed by atoms with Crippen molar-refractivity contribution >= 4 is 11.8 Å². The van der Waals surface area contributed by atoms with Crippen molar-refractivity contribution < 1.29 is 9.59 Å². The van der Waals surface area contributed by atoms with Crippen molar-refractivity contribution in [3.05, 3.63) is 59.2 Å². The van der Waals surface area contributed by atoms with E-state index in [9.17, 15) is 9.59 Å². The highest BCUT2D eigenvalue weighted by Crippen LogP contribution is 2.00. The minimum atomic E-state index is -0.128. The minimum Gasteiger partial charge on any atom is -0.352 e. The van der Waals surface area contributed by atoms with Crippen molar-refractivity contribution in [2.24, 2.45) is 0 Å². The molecular weight excluding hydrogens is 304 g/mol. The average Bonchev–Trinajstić information content (AvgIpc) is 2.58. The van der Waals surface area contributed by atoms with Gasteiger partial charge in [0.2, 0.25) is 0 Å². The van der Waals surface area contributed by atoms with Gasteiger partial charge in [0.1, 0.15) is 0 Å². The highest BCUT2D eigenvalue weighted by atomic mass is 16.2. The van der Waals surface area contributed by atoms with E-state index in [0.717, 1.165) is 24.2 Å². The maximum atomic E-state index is 11.9. The van der Waals surface area contributed by atoms with Gasteiger partial charge in [0.25, 0.3) is 11.8 Å². The Morgan fingerprint density at radius 3 is 1.54 bits per heavy atom. The number of hydrogen-bond acceptors (Lipinski definition) is 4. The Hall–Kier alpha value is -2.76. The molecule has 0 aromatic carbocycles. The van der Waals surface area contributed by atoms with E-state index in [1.165, 1.54) is 0 Å². The van der Waals surface area contributed by atoms with Crippen molar-refractivity contribution in [2.45, 2.75) is 26.7 Å². The third kappa shape index (κ3) is 5.46. The first kappa shape index (κ1) is 17.6. The summed E-state index contributed by atoms with van der Waals surface area (Å²) in [4.78, 5) is 32.0. The van der Waals surface area contributed by atoms with E-state index in [4.69, 9.17) is 0 Å². The number of nitrogens with one attached hydrogen (secondary N) is 2. The topological polar surface area (TPSA) is 84.0 Å². The van der Waals surface area contributed by atoms with E-state index >= 15 is 0 Å². The fourth-order valence-electron chi connectivity index (χ4n) is 2.06. The van der Waals surface area contributed by atoms with Gasteiger partial charge in [-0.3, -0.25) is 19.6 Å². The SMILES string of the molecule is Cc1ccc(C(=O)NCCCCNC(=O)c2ccc(C)nc2)cn1. The van der Waals surface area contributed by atoms with Gasteiger partial charge in [-0.15, -0.1) is 0 Å². The Morgan fingerprint density at radius 1 is 0.792 bits per heavy atom. The van der Waals surface area contributed by atoms with Gasteiger partial charge in [-0.2, -0.15) is 0 Å². The summed E-state index contributed by atoms with van der Waals surface area (Å²) < 4.78 is 0. The maximum Gasteiger partial charge on any atom is 0.252 e. The van der Waals surface area contributed by atoms with E-state index in [1.54, 1.807) is 24.5 Å². The van der Waals surface area contributed by atoms with Crippen LogP contribution in [0, 0.1) is 13.8 Å². The third-order valence-electron chi connectivity index (χ3n) is 3.52. The normalized spacial score (nSPS) is 10.2. The number of rotatable bonds is 7. The molecule has 2 N–H and O–H groups in total. The van der Waals surface area contributed by atoms with Gasteiger partial charge in [0.15, 0.2) is 0 Å². The van der Waals surface area contributed by atoms with Crippen molar-refractivity contribution in [1.82, 2.24) is 20.6 Å². The second-order valence-corrected chi connectivity index (χ2v) is 5.60. The number of nitrogens with zero attached hydrogens (tertiary/aromatic N) is 2. The molecule has 6 nitrogen and oxygen atoms in total. The summed E-state index contributed by atoms with van der Waals surface area (Å²) >= 11 is 0. The quantitative estimate of drug-likeness (QED) is 0.763. The van der Waals surface area contributed by atoms with Gasteiger partial charge in [0, 0.05) is 36.9 Å². The van der Waals surface area contributed by atoms with Crippen LogP contribution in [-0.4, -0.2) is 34.9 Å². The van der Waals surface area contributed by atoms with Gasteiger partial charge in [-0.1, -0.05) is 0 Å². The van der Waals surface area contributed by atoms with Crippen LogP contribution in [0.3, 0.4) is 0 Å². The van der Waals surface area contributed by atoms with Crippen LogP contribution in [0.15, 0.2) is 36.7 Å². The molecule has 0 saturated carbocycles. The van der Waals surface area contributed by atoms with Gasteiger partial charge in [0.05, 0.1) is 11.1 Å². The molecule has 0 aliphatic carbocycles. The Balaban J connectivity index is 1.61. The fourth-order valence-corrected chi connectivity index (χ4v) is 2.06. The Labute approximate surface area is 141 Å². The van der Waals surface area contributed by atoms with E-state index in [0.29, 0.717) is 24.2 Å².